The molecule has 10 heteroatoms. The fraction of sp³-hybridized carbons (Fsp3) is 0.227. The molecular weight excluding hydrogens is 500 g/mol. The lowest BCUT2D eigenvalue weighted by Gasteiger charge is -2.21. The van der Waals surface area contributed by atoms with Crippen LogP contribution in [0.5, 0.6) is 5.75 Å². The highest BCUT2D eigenvalue weighted by atomic mass is 79.9. The summed E-state index contributed by atoms with van der Waals surface area (Å²) in [4.78, 5) is 28.8. The summed E-state index contributed by atoms with van der Waals surface area (Å²) in [5.74, 6) is 0.406. The maximum absolute atomic E-state index is 13.3. The average molecular weight is 520 g/mol. The summed E-state index contributed by atoms with van der Waals surface area (Å²) in [6.07, 6.45) is 2.77. The zero-order valence-corrected chi connectivity index (χ0v) is 20.0. The molecule has 0 unspecified atom stereocenters. The number of nitro benzene ring substituents is 1. The lowest BCUT2D eigenvalue weighted by molar-refractivity contribution is -0.385. The SMILES string of the molecule is C=CCOc1c(C=Nn2c(C(C)(C)C)nc3ccc(Br)cc3c2=O)cc(Cl)cc1[N+](=O)[O-]. The van der Waals surface area contributed by atoms with Crippen molar-refractivity contribution >= 4 is 50.3 Å². The summed E-state index contributed by atoms with van der Waals surface area (Å²) in [5.41, 5.74) is -0.414. The van der Waals surface area contributed by atoms with Gasteiger partial charge in [0.15, 0.2) is 0 Å². The van der Waals surface area contributed by atoms with Gasteiger partial charge in [-0.2, -0.15) is 9.78 Å². The number of benzene rings is 2. The Morgan fingerprint density at radius 2 is 2.06 bits per heavy atom. The molecule has 0 bridgehead atoms. The van der Waals surface area contributed by atoms with Crippen LogP contribution in [0.1, 0.15) is 32.2 Å². The number of ether oxygens (including phenoxy) is 1. The second-order valence-electron chi connectivity index (χ2n) is 7.91. The summed E-state index contributed by atoms with van der Waals surface area (Å²) in [6.45, 7) is 9.34. The minimum absolute atomic E-state index is 0.0232. The first kappa shape index (κ1) is 23.6. The van der Waals surface area contributed by atoms with Crippen molar-refractivity contribution in [1.29, 1.82) is 0 Å². The molecule has 166 valence electrons. The maximum Gasteiger partial charge on any atom is 0.313 e. The van der Waals surface area contributed by atoms with Gasteiger partial charge >= 0.3 is 5.69 Å². The van der Waals surface area contributed by atoms with E-state index in [4.69, 9.17) is 16.3 Å². The lowest BCUT2D eigenvalue weighted by atomic mass is 9.95. The molecule has 0 aliphatic carbocycles. The molecular formula is C22H20BrClN4O4. The summed E-state index contributed by atoms with van der Waals surface area (Å²) in [6, 6.07) is 7.91. The van der Waals surface area contributed by atoms with Gasteiger partial charge in [0.05, 0.1) is 22.0 Å². The highest BCUT2D eigenvalue weighted by Gasteiger charge is 2.24. The smallest absolute Gasteiger partial charge is 0.313 e. The molecule has 0 spiro atoms. The quantitative estimate of drug-likeness (QED) is 0.186. The van der Waals surface area contributed by atoms with Gasteiger partial charge in [0.25, 0.3) is 5.56 Å². The highest BCUT2D eigenvalue weighted by molar-refractivity contribution is 9.10. The molecule has 0 atom stereocenters. The molecule has 0 saturated carbocycles. The number of fused-ring (bicyclic) bond motifs is 1. The standard InChI is InChI=1S/C22H20BrClN4O4/c1-5-8-32-19-13(9-15(24)11-18(19)28(30)31)12-25-27-20(29)16-10-14(23)6-7-17(16)26-21(27)22(2,3)4/h5-7,9-12H,1,8H2,2-4H3. The van der Waals surface area contributed by atoms with Crippen molar-refractivity contribution in [2.24, 2.45) is 5.10 Å². The fourth-order valence-electron chi connectivity index (χ4n) is 2.99. The summed E-state index contributed by atoms with van der Waals surface area (Å²) < 4.78 is 7.44. The van der Waals surface area contributed by atoms with Crippen LogP contribution in [-0.4, -0.2) is 27.4 Å². The van der Waals surface area contributed by atoms with E-state index >= 15 is 0 Å². The number of halogens is 2. The monoisotopic (exact) mass is 518 g/mol. The molecule has 8 nitrogen and oxygen atoms in total. The van der Waals surface area contributed by atoms with E-state index in [2.05, 4.69) is 32.6 Å². The van der Waals surface area contributed by atoms with E-state index in [0.29, 0.717) is 16.7 Å². The minimum atomic E-state index is -0.594. The first-order valence-electron chi connectivity index (χ1n) is 9.51. The molecule has 0 saturated heterocycles. The van der Waals surface area contributed by atoms with Crippen LogP contribution in [0.15, 0.2) is 57.4 Å². The predicted molar refractivity (Wildman–Crippen MR) is 129 cm³/mol. The number of aromatic nitrogens is 2. The molecule has 0 fully saturated rings. The number of rotatable bonds is 6. The van der Waals surface area contributed by atoms with Crippen LogP contribution in [-0.2, 0) is 5.41 Å². The Hall–Kier alpha value is -3.04. The second-order valence-corrected chi connectivity index (χ2v) is 9.26. The van der Waals surface area contributed by atoms with Gasteiger partial charge in [0, 0.05) is 26.5 Å². The largest absolute Gasteiger partial charge is 0.482 e. The Bertz CT molecular complexity index is 1310. The van der Waals surface area contributed by atoms with Crippen molar-refractivity contribution < 1.29 is 9.66 Å². The van der Waals surface area contributed by atoms with Gasteiger partial charge in [0.1, 0.15) is 12.4 Å². The van der Waals surface area contributed by atoms with Crippen LogP contribution in [0.3, 0.4) is 0 Å². The van der Waals surface area contributed by atoms with Crippen LogP contribution < -0.4 is 10.3 Å². The van der Waals surface area contributed by atoms with E-state index in [-0.39, 0.29) is 34.2 Å². The Balaban J connectivity index is 2.27. The molecule has 3 rings (SSSR count). The highest BCUT2D eigenvalue weighted by Crippen LogP contribution is 2.34. The molecule has 1 aromatic heterocycles. The van der Waals surface area contributed by atoms with Crippen molar-refractivity contribution in [2.45, 2.75) is 26.2 Å². The summed E-state index contributed by atoms with van der Waals surface area (Å²) in [5, 5.41) is 16.4. The van der Waals surface area contributed by atoms with Crippen molar-refractivity contribution in [2.75, 3.05) is 6.61 Å². The molecule has 0 N–H and O–H groups in total. The number of nitro groups is 1. The first-order valence-corrected chi connectivity index (χ1v) is 10.7. The molecule has 32 heavy (non-hydrogen) atoms. The van der Waals surface area contributed by atoms with E-state index in [9.17, 15) is 14.9 Å². The zero-order valence-electron chi connectivity index (χ0n) is 17.6. The van der Waals surface area contributed by atoms with E-state index in [0.717, 1.165) is 4.47 Å². The van der Waals surface area contributed by atoms with Gasteiger partial charge in [-0.3, -0.25) is 14.9 Å². The number of nitrogens with zero attached hydrogens (tertiary/aromatic N) is 4. The Morgan fingerprint density at radius 1 is 1.34 bits per heavy atom. The summed E-state index contributed by atoms with van der Waals surface area (Å²) in [7, 11) is 0. The zero-order chi connectivity index (χ0) is 23.6. The van der Waals surface area contributed by atoms with E-state index < -0.39 is 10.3 Å². The molecule has 0 radical (unpaired) electrons. The third-order valence-corrected chi connectivity index (χ3v) is 5.11. The topological polar surface area (TPSA) is 99.6 Å². The molecule has 1 heterocycles. The van der Waals surface area contributed by atoms with Crippen molar-refractivity contribution in [1.82, 2.24) is 9.66 Å². The van der Waals surface area contributed by atoms with Gasteiger partial charge < -0.3 is 4.74 Å². The van der Waals surface area contributed by atoms with Crippen LogP contribution in [0.25, 0.3) is 10.9 Å². The molecule has 0 aliphatic rings. The van der Waals surface area contributed by atoms with Crippen molar-refractivity contribution in [3.8, 4) is 5.75 Å². The second kappa shape index (κ2) is 9.22. The molecule has 2 aromatic carbocycles. The van der Waals surface area contributed by atoms with Gasteiger partial charge in [-0.15, -0.1) is 0 Å². The molecule has 0 amide bonds. The van der Waals surface area contributed by atoms with Gasteiger partial charge in [-0.05, 0) is 24.3 Å². The normalized spacial score (nSPS) is 11.8. The number of hydrogen-bond acceptors (Lipinski definition) is 6. The van der Waals surface area contributed by atoms with Crippen LogP contribution in [0.2, 0.25) is 5.02 Å². The van der Waals surface area contributed by atoms with Crippen molar-refractivity contribution in [3.05, 3.63) is 84.3 Å². The predicted octanol–water partition coefficient (Wildman–Crippen LogP) is 5.47. The third-order valence-electron chi connectivity index (χ3n) is 4.40. The summed E-state index contributed by atoms with van der Waals surface area (Å²) >= 11 is 9.46. The van der Waals surface area contributed by atoms with Crippen LogP contribution in [0, 0.1) is 10.1 Å². The Morgan fingerprint density at radius 3 is 2.69 bits per heavy atom. The maximum atomic E-state index is 13.3. The first-order chi connectivity index (χ1) is 15.0. The third kappa shape index (κ3) is 4.89. The van der Waals surface area contributed by atoms with E-state index in [1.807, 2.05) is 26.8 Å². The molecule has 3 aromatic rings. The van der Waals surface area contributed by atoms with Crippen LogP contribution >= 0.6 is 27.5 Å². The fourth-order valence-corrected chi connectivity index (χ4v) is 3.57. The van der Waals surface area contributed by atoms with Crippen molar-refractivity contribution in [3.63, 3.8) is 0 Å². The van der Waals surface area contributed by atoms with E-state index in [1.165, 1.54) is 29.1 Å². The average Bonchev–Trinajstić information content (AvgIpc) is 2.71. The molecule has 0 aliphatic heterocycles. The Labute approximate surface area is 197 Å². The number of hydrogen-bond donors (Lipinski definition) is 0. The minimum Gasteiger partial charge on any atom is -0.482 e. The van der Waals surface area contributed by atoms with Gasteiger partial charge in [0.2, 0.25) is 5.75 Å². The van der Waals surface area contributed by atoms with Gasteiger partial charge in [-0.1, -0.05) is 61.0 Å². The lowest BCUT2D eigenvalue weighted by Crippen LogP contribution is -2.29. The van der Waals surface area contributed by atoms with Crippen LogP contribution in [0.4, 0.5) is 5.69 Å². The van der Waals surface area contributed by atoms with Gasteiger partial charge in [-0.25, -0.2) is 4.98 Å². The Kier molecular flexibility index (Phi) is 6.80. The van der Waals surface area contributed by atoms with E-state index in [1.54, 1.807) is 12.1 Å².